The predicted molar refractivity (Wildman–Crippen MR) is 108 cm³/mol. The van der Waals surface area contributed by atoms with Gasteiger partial charge in [-0.05, 0) is 37.5 Å². The smallest absolute Gasteiger partial charge is 0.205 e. The largest absolute Gasteiger partial charge is 0.442 e. The van der Waals surface area contributed by atoms with E-state index in [9.17, 15) is 0 Å². The Labute approximate surface area is 153 Å². The van der Waals surface area contributed by atoms with Crippen LogP contribution in [0.15, 0.2) is 54.6 Å². The molecule has 0 radical (unpaired) electrons. The van der Waals surface area contributed by atoms with E-state index in [0.29, 0.717) is 12.0 Å². The third-order valence-electron chi connectivity index (χ3n) is 4.55. The third-order valence-corrected chi connectivity index (χ3v) is 5.91. The Morgan fingerprint density at radius 2 is 1.56 bits per heavy atom. The summed E-state index contributed by atoms with van der Waals surface area (Å²) in [5.74, 6) is 1.39. The molecule has 1 aliphatic rings. The Kier molecular flexibility index (Phi) is 4.04. The number of benzene rings is 2. The van der Waals surface area contributed by atoms with Gasteiger partial charge in [-0.15, -0.1) is 11.3 Å². The van der Waals surface area contributed by atoms with E-state index in [2.05, 4.69) is 81.1 Å². The molecule has 25 heavy (non-hydrogen) atoms. The van der Waals surface area contributed by atoms with E-state index in [1.165, 1.54) is 21.7 Å². The summed E-state index contributed by atoms with van der Waals surface area (Å²) in [7, 11) is 0. The molecule has 0 saturated heterocycles. The average Bonchev–Trinajstić information content (AvgIpc) is 2.99. The van der Waals surface area contributed by atoms with Crippen molar-refractivity contribution in [2.75, 3.05) is 4.90 Å². The first-order valence-electron chi connectivity index (χ1n) is 8.86. The van der Waals surface area contributed by atoms with Gasteiger partial charge in [0, 0.05) is 16.5 Å². The Bertz CT molecular complexity index is 896. The summed E-state index contributed by atoms with van der Waals surface area (Å²) in [5, 5.41) is 1.01. The van der Waals surface area contributed by atoms with Gasteiger partial charge in [0.25, 0.3) is 0 Å². The molecule has 2 nitrogen and oxygen atoms in total. The number of ether oxygens (including phenoxy) is 1. The van der Waals surface area contributed by atoms with Crippen molar-refractivity contribution in [2.45, 2.75) is 39.7 Å². The molecule has 3 aromatic rings. The average molecular weight is 349 g/mol. The highest BCUT2D eigenvalue weighted by molar-refractivity contribution is 7.15. The first kappa shape index (κ1) is 16.2. The molecule has 1 aliphatic heterocycles. The van der Waals surface area contributed by atoms with E-state index in [0.717, 1.165) is 16.5 Å². The Hall–Kier alpha value is -2.26. The van der Waals surface area contributed by atoms with Gasteiger partial charge < -0.3 is 9.64 Å². The minimum absolute atomic E-state index is 0.348. The Balaban J connectivity index is 2.01. The molecule has 0 amide bonds. The lowest BCUT2D eigenvalue weighted by molar-refractivity contribution is 0.483. The zero-order chi connectivity index (χ0) is 17.6. The van der Waals surface area contributed by atoms with Crippen molar-refractivity contribution in [1.29, 1.82) is 0 Å². The van der Waals surface area contributed by atoms with Crippen LogP contribution in [-0.2, 0) is 0 Å². The van der Waals surface area contributed by atoms with Gasteiger partial charge >= 0.3 is 0 Å². The molecule has 128 valence electrons. The number of fused-ring (bicyclic) bond motifs is 2. The Morgan fingerprint density at radius 3 is 2.24 bits per heavy atom. The van der Waals surface area contributed by atoms with Gasteiger partial charge in [-0.2, -0.15) is 0 Å². The predicted octanol–water partition coefficient (Wildman–Crippen LogP) is 7.19. The number of anilines is 2. The third kappa shape index (κ3) is 2.63. The second-order valence-corrected chi connectivity index (χ2v) is 8.05. The van der Waals surface area contributed by atoms with Gasteiger partial charge in [0.05, 0.1) is 5.69 Å². The SMILES string of the molecule is CC(C)c1sc2c(c1-c1ccccc1)N(C(C)C)c1ccccc1O2. The molecule has 2 aromatic carbocycles. The fourth-order valence-corrected chi connectivity index (χ4v) is 4.68. The van der Waals surface area contributed by atoms with E-state index in [1.54, 1.807) is 11.3 Å². The first-order valence-corrected chi connectivity index (χ1v) is 9.67. The lowest BCUT2D eigenvalue weighted by Crippen LogP contribution is -2.28. The van der Waals surface area contributed by atoms with Crippen LogP contribution in [-0.4, -0.2) is 6.04 Å². The van der Waals surface area contributed by atoms with Gasteiger partial charge in [-0.3, -0.25) is 0 Å². The maximum absolute atomic E-state index is 6.33. The highest BCUT2D eigenvalue weighted by Gasteiger charge is 2.33. The molecule has 0 bridgehead atoms. The fourth-order valence-electron chi connectivity index (χ4n) is 3.50. The van der Waals surface area contributed by atoms with Crippen LogP contribution in [0.2, 0.25) is 0 Å². The molecule has 0 atom stereocenters. The molecule has 0 aliphatic carbocycles. The van der Waals surface area contributed by atoms with E-state index in [1.807, 2.05) is 6.07 Å². The first-order chi connectivity index (χ1) is 12.1. The van der Waals surface area contributed by atoms with Crippen LogP contribution >= 0.6 is 11.3 Å². The lowest BCUT2D eigenvalue weighted by Gasteiger charge is -2.35. The Morgan fingerprint density at radius 1 is 0.880 bits per heavy atom. The summed E-state index contributed by atoms with van der Waals surface area (Å²) in [4.78, 5) is 3.81. The number of thiophene rings is 1. The van der Waals surface area contributed by atoms with Gasteiger partial charge in [-0.25, -0.2) is 0 Å². The van der Waals surface area contributed by atoms with Crippen LogP contribution in [0.25, 0.3) is 11.1 Å². The van der Waals surface area contributed by atoms with Crippen LogP contribution < -0.4 is 9.64 Å². The van der Waals surface area contributed by atoms with Gasteiger partial charge in [0.15, 0.2) is 5.75 Å². The second-order valence-electron chi connectivity index (χ2n) is 7.03. The maximum Gasteiger partial charge on any atom is 0.205 e. The van der Waals surface area contributed by atoms with Crippen LogP contribution in [0.5, 0.6) is 10.8 Å². The monoisotopic (exact) mass is 349 g/mol. The number of hydrogen-bond acceptors (Lipinski definition) is 3. The molecule has 4 rings (SSSR count). The normalized spacial score (nSPS) is 13.0. The highest BCUT2D eigenvalue weighted by Crippen LogP contribution is 2.58. The summed E-state index contributed by atoms with van der Waals surface area (Å²) in [6.07, 6.45) is 0. The summed E-state index contributed by atoms with van der Waals surface area (Å²) >= 11 is 1.79. The number of rotatable bonds is 3. The molecule has 0 N–H and O–H groups in total. The van der Waals surface area contributed by atoms with Crippen molar-refractivity contribution >= 4 is 22.7 Å². The van der Waals surface area contributed by atoms with Crippen molar-refractivity contribution < 1.29 is 4.74 Å². The number of hydrogen-bond donors (Lipinski definition) is 0. The van der Waals surface area contributed by atoms with E-state index in [-0.39, 0.29) is 0 Å². The summed E-state index contributed by atoms with van der Waals surface area (Å²) in [5.41, 5.74) is 4.94. The minimum Gasteiger partial charge on any atom is -0.442 e. The van der Waals surface area contributed by atoms with Crippen LogP contribution in [0.1, 0.15) is 38.5 Å². The van der Waals surface area contributed by atoms with Crippen LogP contribution in [0.3, 0.4) is 0 Å². The zero-order valence-electron chi connectivity index (χ0n) is 15.1. The van der Waals surface area contributed by atoms with Crippen LogP contribution in [0, 0.1) is 0 Å². The molecule has 1 aromatic heterocycles. The molecular formula is C22H23NOS. The topological polar surface area (TPSA) is 12.5 Å². The molecule has 2 heterocycles. The second kappa shape index (κ2) is 6.23. The minimum atomic E-state index is 0.348. The molecule has 0 unspecified atom stereocenters. The van der Waals surface area contributed by atoms with E-state index < -0.39 is 0 Å². The van der Waals surface area contributed by atoms with Crippen molar-refractivity contribution in [1.82, 2.24) is 0 Å². The molecular weight excluding hydrogens is 326 g/mol. The van der Waals surface area contributed by atoms with E-state index >= 15 is 0 Å². The highest BCUT2D eigenvalue weighted by atomic mass is 32.1. The summed E-state index contributed by atoms with van der Waals surface area (Å²) < 4.78 is 6.33. The molecule has 3 heteroatoms. The molecule has 0 spiro atoms. The van der Waals surface area contributed by atoms with Gasteiger partial charge in [0.2, 0.25) is 5.06 Å². The molecule has 0 saturated carbocycles. The quantitative estimate of drug-likeness (QED) is 0.496. The molecule has 0 fully saturated rings. The summed E-state index contributed by atoms with van der Waals surface area (Å²) in [6.45, 7) is 9.01. The summed E-state index contributed by atoms with van der Waals surface area (Å²) in [6, 6.07) is 19.4. The van der Waals surface area contributed by atoms with Crippen LogP contribution in [0.4, 0.5) is 11.4 Å². The lowest BCUT2D eigenvalue weighted by atomic mass is 9.98. The number of nitrogens with zero attached hydrogens (tertiary/aromatic N) is 1. The zero-order valence-corrected chi connectivity index (χ0v) is 15.9. The van der Waals surface area contributed by atoms with Crippen molar-refractivity contribution in [3.63, 3.8) is 0 Å². The fraction of sp³-hybridized carbons (Fsp3) is 0.273. The number of para-hydroxylation sites is 2. The van der Waals surface area contributed by atoms with E-state index in [4.69, 9.17) is 4.74 Å². The van der Waals surface area contributed by atoms with Crippen molar-refractivity contribution in [3.8, 4) is 21.9 Å². The van der Waals surface area contributed by atoms with Crippen molar-refractivity contribution in [3.05, 3.63) is 59.5 Å². The van der Waals surface area contributed by atoms with Crippen molar-refractivity contribution in [2.24, 2.45) is 0 Å². The van der Waals surface area contributed by atoms with Gasteiger partial charge in [-0.1, -0.05) is 56.3 Å². The maximum atomic E-state index is 6.33. The standard InChI is InChI=1S/C22H23NOS/c1-14(2)21-19(16-10-6-5-7-11-16)20-22(25-21)24-18-13-9-8-12-17(18)23(20)15(3)4/h5-15H,1-4H3. The van der Waals surface area contributed by atoms with Gasteiger partial charge in [0.1, 0.15) is 5.69 Å².